The van der Waals surface area contributed by atoms with E-state index in [1.807, 2.05) is 12.1 Å². The summed E-state index contributed by atoms with van der Waals surface area (Å²) in [5.74, 6) is 0.309. The predicted octanol–water partition coefficient (Wildman–Crippen LogP) is 7.84. The van der Waals surface area contributed by atoms with Crippen molar-refractivity contribution in [3.63, 3.8) is 0 Å². The van der Waals surface area contributed by atoms with E-state index < -0.39 is 0 Å². The van der Waals surface area contributed by atoms with Crippen molar-refractivity contribution >= 4 is 0 Å². The van der Waals surface area contributed by atoms with Crippen LogP contribution in [-0.4, -0.2) is 0 Å². The molecule has 0 saturated carbocycles. The van der Waals surface area contributed by atoms with Crippen molar-refractivity contribution in [1.82, 2.24) is 5.32 Å². The summed E-state index contributed by atoms with van der Waals surface area (Å²) in [6.45, 7) is 1.85. The zero-order valence-electron chi connectivity index (χ0n) is 19.4. The van der Waals surface area contributed by atoms with E-state index in [2.05, 4.69) is 145 Å². The first-order valence-corrected chi connectivity index (χ1v) is 11.8. The van der Waals surface area contributed by atoms with Gasteiger partial charge in [0.25, 0.3) is 0 Å². The lowest BCUT2D eigenvalue weighted by Gasteiger charge is -2.18. The molecule has 0 aromatic heterocycles. The molecule has 0 aliphatic carbocycles. The SMILES string of the molecule is c1ccc(C(c2ccccc2)c2ccccc2)cc1.c1ccc(CNCc2ccccc2)cc1. The highest BCUT2D eigenvalue weighted by Crippen LogP contribution is 2.31. The van der Waals surface area contributed by atoms with Crippen LogP contribution in [-0.2, 0) is 13.1 Å². The Balaban J connectivity index is 0.000000166. The zero-order chi connectivity index (χ0) is 23.3. The minimum Gasteiger partial charge on any atom is -0.309 e. The first-order chi connectivity index (χ1) is 16.9. The Labute approximate surface area is 203 Å². The lowest BCUT2D eigenvalue weighted by molar-refractivity contribution is 0.693. The Kier molecular flexibility index (Phi) is 8.84. The van der Waals surface area contributed by atoms with Gasteiger partial charge in [0.05, 0.1) is 0 Å². The van der Waals surface area contributed by atoms with E-state index in [0.29, 0.717) is 5.92 Å². The van der Waals surface area contributed by atoms with Gasteiger partial charge < -0.3 is 5.32 Å². The molecule has 5 aromatic carbocycles. The summed E-state index contributed by atoms with van der Waals surface area (Å²) in [6.07, 6.45) is 0. The monoisotopic (exact) mass is 441 g/mol. The fraction of sp³-hybridized carbons (Fsp3) is 0.0909. The Hall–Kier alpha value is -3.94. The van der Waals surface area contributed by atoms with Gasteiger partial charge in [-0.1, -0.05) is 152 Å². The van der Waals surface area contributed by atoms with E-state index in [0.717, 1.165) is 13.1 Å². The summed E-state index contributed by atoms with van der Waals surface area (Å²) in [5, 5.41) is 3.42. The average Bonchev–Trinajstić information content (AvgIpc) is 2.92. The number of hydrogen-bond acceptors (Lipinski definition) is 1. The van der Waals surface area contributed by atoms with E-state index in [1.54, 1.807) is 0 Å². The summed E-state index contributed by atoms with van der Waals surface area (Å²) in [4.78, 5) is 0. The van der Waals surface area contributed by atoms with Gasteiger partial charge in [0.15, 0.2) is 0 Å². The third-order valence-corrected chi connectivity index (χ3v) is 5.74. The van der Waals surface area contributed by atoms with Crippen LogP contribution in [0.5, 0.6) is 0 Å². The predicted molar refractivity (Wildman–Crippen MR) is 144 cm³/mol. The van der Waals surface area contributed by atoms with E-state index in [1.165, 1.54) is 27.8 Å². The molecule has 0 atom stereocenters. The molecule has 1 N–H and O–H groups in total. The van der Waals surface area contributed by atoms with Gasteiger partial charge in [-0.25, -0.2) is 0 Å². The molecule has 5 aromatic rings. The molecule has 0 aliphatic heterocycles. The average molecular weight is 442 g/mol. The van der Waals surface area contributed by atoms with E-state index in [-0.39, 0.29) is 0 Å². The van der Waals surface area contributed by atoms with Gasteiger partial charge in [0.1, 0.15) is 0 Å². The van der Waals surface area contributed by atoms with Gasteiger partial charge >= 0.3 is 0 Å². The van der Waals surface area contributed by atoms with Gasteiger partial charge in [-0.2, -0.15) is 0 Å². The van der Waals surface area contributed by atoms with Crippen LogP contribution >= 0.6 is 0 Å². The molecule has 0 heterocycles. The van der Waals surface area contributed by atoms with Gasteiger partial charge in [-0.15, -0.1) is 0 Å². The van der Waals surface area contributed by atoms with Crippen LogP contribution in [0.25, 0.3) is 0 Å². The van der Waals surface area contributed by atoms with Crippen LogP contribution in [0.15, 0.2) is 152 Å². The fourth-order valence-corrected chi connectivity index (χ4v) is 4.06. The second-order valence-corrected chi connectivity index (χ2v) is 8.24. The first-order valence-electron chi connectivity index (χ1n) is 11.8. The Morgan fingerprint density at radius 3 is 0.912 bits per heavy atom. The highest BCUT2D eigenvalue weighted by molar-refractivity contribution is 5.42. The molecule has 0 radical (unpaired) electrons. The number of rotatable bonds is 7. The summed E-state index contributed by atoms with van der Waals surface area (Å²) in [6, 6.07) is 52.9. The molecule has 0 amide bonds. The number of benzene rings is 5. The highest BCUT2D eigenvalue weighted by atomic mass is 14.8. The molecule has 1 heteroatoms. The maximum Gasteiger partial charge on any atom is 0.0339 e. The molecule has 0 spiro atoms. The van der Waals surface area contributed by atoms with Gasteiger partial charge in [0.2, 0.25) is 0 Å². The maximum atomic E-state index is 3.42. The van der Waals surface area contributed by atoms with Crippen molar-refractivity contribution < 1.29 is 0 Å². The molecule has 0 bridgehead atoms. The molecule has 0 unspecified atom stereocenters. The van der Waals surface area contributed by atoms with Crippen molar-refractivity contribution in [3.8, 4) is 0 Å². The standard InChI is InChI=1S/C19H16.C14H15N/c1-4-10-16(11-5-1)19(17-12-6-2-7-13-17)18-14-8-3-9-15-18;1-3-7-13(8-4-1)11-15-12-14-9-5-2-6-10-14/h1-15,19H;1-10,15H,11-12H2. The summed E-state index contributed by atoms with van der Waals surface area (Å²) in [5.41, 5.74) is 6.65. The second-order valence-electron chi connectivity index (χ2n) is 8.24. The molecular weight excluding hydrogens is 410 g/mol. The highest BCUT2D eigenvalue weighted by Gasteiger charge is 2.15. The molecule has 0 saturated heterocycles. The molecule has 5 rings (SSSR count). The molecule has 1 nitrogen and oxygen atoms in total. The van der Waals surface area contributed by atoms with Crippen LogP contribution in [0.3, 0.4) is 0 Å². The quantitative estimate of drug-likeness (QED) is 0.254. The fourth-order valence-electron chi connectivity index (χ4n) is 4.06. The molecule has 168 valence electrons. The minimum absolute atomic E-state index is 0.309. The summed E-state index contributed by atoms with van der Waals surface area (Å²) < 4.78 is 0. The van der Waals surface area contributed by atoms with Crippen LogP contribution in [0.1, 0.15) is 33.7 Å². The van der Waals surface area contributed by atoms with E-state index >= 15 is 0 Å². The van der Waals surface area contributed by atoms with Crippen LogP contribution in [0.4, 0.5) is 0 Å². The second kappa shape index (κ2) is 12.9. The van der Waals surface area contributed by atoms with E-state index in [4.69, 9.17) is 0 Å². The minimum atomic E-state index is 0.309. The Bertz CT molecular complexity index is 1050. The van der Waals surface area contributed by atoms with Crippen molar-refractivity contribution in [1.29, 1.82) is 0 Å². The van der Waals surface area contributed by atoms with Crippen molar-refractivity contribution in [3.05, 3.63) is 179 Å². The molecular formula is C33H31N. The zero-order valence-corrected chi connectivity index (χ0v) is 19.4. The van der Waals surface area contributed by atoms with Crippen molar-refractivity contribution in [2.24, 2.45) is 0 Å². The summed E-state index contributed by atoms with van der Waals surface area (Å²) in [7, 11) is 0. The Morgan fingerprint density at radius 1 is 0.353 bits per heavy atom. The lowest BCUT2D eigenvalue weighted by Crippen LogP contribution is -2.12. The van der Waals surface area contributed by atoms with Gasteiger partial charge in [-0.05, 0) is 27.8 Å². The van der Waals surface area contributed by atoms with Crippen molar-refractivity contribution in [2.45, 2.75) is 19.0 Å². The Morgan fingerprint density at radius 2 is 0.618 bits per heavy atom. The smallest absolute Gasteiger partial charge is 0.0339 e. The van der Waals surface area contributed by atoms with Crippen LogP contribution in [0, 0.1) is 0 Å². The first kappa shape index (κ1) is 23.2. The maximum absolute atomic E-state index is 3.42. The van der Waals surface area contributed by atoms with Crippen LogP contribution in [0.2, 0.25) is 0 Å². The number of nitrogens with one attached hydrogen (secondary N) is 1. The third-order valence-electron chi connectivity index (χ3n) is 5.74. The lowest BCUT2D eigenvalue weighted by atomic mass is 9.85. The van der Waals surface area contributed by atoms with Crippen molar-refractivity contribution in [2.75, 3.05) is 0 Å². The van der Waals surface area contributed by atoms with Gasteiger partial charge in [-0.3, -0.25) is 0 Å². The van der Waals surface area contributed by atoms with E-state index in [9.17, 15) is 0 Å². The van der Waals surface area contributed by atoms with Crippen LogP contribution < -0.4 is 5.32 Å². The molecule has 34 heavy (non-hydrogen) atoms. The summed E-state index contributed by atoms with van der Waals surface area (Å²) >= 11 is 0. The third kappa shape index (κ3) is 7.03. The topological polar surface area (TPSA) is 12.0 Å². The largest absolute Gasteiger partial charge is 0.309 e. The molecule has 0 fully saturated rings. The normalized spacial score (nSPS) is 10.4. The van der Waals surface area contributed by atoms with Gasteiger partial charge in [0, 0.05) is 19.0 Å². The molecule has 0 aliphatic rings. The number of hydrogen-bond donors (Lipinski definition) is 1.